The minimum atomic E-state index is -1.52. The number of halogens is 2. The van der Waals surface area contributed by atoms with Gasteiger partial charge >= 0.3 is 5.97 Å². The fourth-order valence-corrected chi connectivity index (χ4v) is 1.51. The zero-order valence-corrected chi connectivity index (χ0v) is 9.67. The van der Waals surface area contributed by atoms with Crippen LogP contribution in [0.25, 0.3) is 0 Å². The number of hydrogen-bond acceptors (Lipinski definition) is 2. The van der Waals surface area contributed by atoms with Crippen molar-refractivity contribution >= 4 is 5.97 Å². The molecule has 0 atom stereocenters. The molecule has 0 fully saturated rings. The van der Waals surface area contributed by atoms with Gasteiger partial charge in [0.25, 0.3) is 0 Å². The van der Waals surface area contributed by atoms with Crippen molar-refractivity contribution in [2.45, 2.75) is 32.3 Å². The fourth-order valence-electron chi connectivity index (χ4n) is 1.51. The monoisotopic (exact) mass is 244 g/mol. The SMILES string of the molecule is CCC(CC)(Oc1cccc(F)c1F)C(=O)O. The highest BCUT2D eigenvalue weighted by atomic mass is 19.2. The minimum absolute atomic E-state index is 0.161. The fraction of sp³-hybridized carbons (Fsp3) is 0.417. The summed E-state index contributed by atoms with van der Waals surface area (Å²) in [6, 6.07) is 3.43. The van der Waals surface area contributed by atoms with Crippen LogP contribution in [0.15, 0.2) is 18.2 Å². The van der Waals surface area contributed by atoms with E-state index in [1.807, 2.05) is 0 Å². The summed E-state index contributed by atoms with van der Waals surface area (Å²) in [6.45, 7) is 3.24. The van der Waals surface area contributed by atoms with Crippen LogP contribution in [0, 0.1) is 11.6 Å². The van der Waals surface area contributed by atoms with Gasteiger partial charge < -0.3 is 9.84 Å². The molecule has 1 aromatic carbocycles. The van der Waals surface area contributed by atoms with Crippen LogP contribution in [0.5, 0.6) is 5.75 Å². The second-order valence-corrected chi connectivity index (χ2v) is 3.66. The highest BCUT2D eigenvalue weighted by molar-refractivity contribution is 5.77. The zero-order chi connectivity index (χ0) is 13.1. The molecule has 0 spiro atoms. The average Bonchev–Trinajstić information content (AvgIpc) is 2.31. The summed E-state index contributed by atoms with van der Waals surface area (Å²) in [7, 11) is 0. The Morgan fingerprint density at radius 2 is 1.94 bits per heavy atom. The van der Waals surface area contributed by atoms with Crippen LogP contribution >= 0.6 is 0 Å². The lowest BCUT2D eigenvalue weighted by Gasteiger charge is -2.28. The van der Waals surface area contributed by atoms with E-state index in [9.17, 15) is 13.6 Å². The molecule has 1 N–H and O–H groups in total. The van der Waals surface area contributed by atoms with Crippen molar-refractivity contribution in [3.63, 3.8) is 0 Å². The summed E-state index contributed by atoms with van der Waals surface area (Å²) in [4.78, 5) is 11.1. The number of carbonyl (C=O) groups is 1. The molecular weight excluding hydrogens is 230 g/mol. The second-order valence-electron chi connectivity index (χ2n) is 3.66. The Bertz CT molecular complexity index is 414. The van der Waals surface area contributed by atoms with Crippen LogP contribution in [0.3, 0.4) is 0 Å². The van der Waals surface area contributed by atoms with E-state index in [2.05, 4.69) is 0 Å². The van der Waals surface area contributed by atoms with Crippen molar-refractivity contribution in [2.24, 2.45) is 0 Å². The Morgan fingerprint density at radius 1 is 1.35 bits per heavy atom. The maximum atomic E-state index is 13.4. The highest BCUT2D eigenvalue weighted by Gasteiger charge is 2.38. The number of benzene rings is 1. The standard InChI is InChI=1S/C12H14F2O3/c1-3-12(4-2,11(15)16)17-9-7-5-6-8(13)10(9)14/h5-7H,3-4H2,1-2H3,(H,15,16). The first-order valence-corrected chi connectivity index (χ1v) is 5.33. The zero-order valence-electron chi connectivity index (χ0n) is 9.67. The number of aliphatic carboxylic acids is 1. The molecule has 0 saturated heterocycles. The third kappa shape index (κ3) is 2.54. The van der Waals surface area contributed by atoms with Gasteiger partial charge in [-0.2, -0.15) is 4.39 Å². The molecule has 0 amide bonds. The quantitative estimate of drug-likeness (QED) is 0.866. The molecule has 0 bridgehead atoms. The molecule has 0 unspecified atom stereocenters. The third-order valence-corrected chi connectivity index (χ3v) is 2.75. The van der Waals surface area contributed by atoms with Gasteiger partial charge in [0.1, 0.15) is 0 Å². The Morgan fingerprint density at radius 3 is 2.41 bits per heavy atom. The minimum Gasteiger partial charge on any atom is -0.478 e. The molecule has 94 valence electrons. The van der Waals surface area contributed by atoms with E-state index in [-0.39, 0.29) is 18.6 Å². The van der Waals surface area contributed by atoms with Crippen LogP contribution in [-0.4, -0.2) is 16.7 Å². The smallest absolute Gasteiger partial charge is 0.348 e. The van der Waals surface area contributed by atoms with E-state index in [1.165, 1.54) is 12.1 Å². The van der Waals surface area contributed by atoms with E-state index in [0.29, 0.717) is 0 Å². The summed E-state index contributed by atoms with van der Waals surface area (Å²) in [6.07, 6.45) is 0.323. The summed E-state index contributed by atoms with van der Waals surface area (Å²) >= 11 is 0. The lowest BCUT2D eigenvalue weighted by Crippen LogP contribution is -2.43. The molecule has 1 aromatic rings. The molecule has 5 heteroatoms. The van der Waals surface area contributed by atoms with E-state index in [1.54, 1.807) is 13.8 Å². The topological polar surface area (TPSA) is 46.5 Å². The molecule has 0 radical (unpaired) electrons. The third-order valence-electron chi connectivity index (χ3n) is 2.75. The summed E-state index contributed by atoms with van der Waals surface area (Å²) in [5.41, 5.74) is -1.52. The van der Waals surface area contributed by atoms with Crippen LogP contribution < -0.4 is 4.74 Å². The van der Waals surface area contributed by atoms with Gasteiger partial charge in [0.15, 0.2) is 11.6 Å². The van der Waals surface area contributed by atoms with Crippen LogP contribution in [0.1, 0.15) is 26.7 Å². The predicted molar refractivity (Wildman–Crippen MR) is 57.9 cm³/mol. The number of hydrogen-bond donors (Lipinski definition) is 1. The molecular formula is C12H14F2O3. The number of ether oxygens (including phenoxy) is 1. The first kappa shape index (κ1) is 13.4. The van der Waals surface area contributed by atoms with Crippen molar-refractivity contribution < 1.29 is 23.4 Å². The predicted octanol–water partition coefficient (Wildman–Crippen LogP) is 2.99. The van der Waals surface area contributed by atoms with Gasteiger partial charge in [-0.3, -0.25) is 0 Å². The Balaban J connectivity index is 3.10. The molecule has 0 saturated carbocycles. The molecule has 0 aliphatic carbocycles. The van der Waals surface area contributed by atoms with Gasteiger partial charge in [-0.25, -0.2) is 9.18 Å². The number of rotatable bonds is 5. The van der Waals surface area contributed by atoms with E-state index in [0.717, 1.165) is 6.07 Å². The first-order chi connectivity index (χ1) is 7.96. The van der Waals surface area contributed by atoms with Gasteiger partial charge in [-0.15, -0.1) is 0 Å². The summed E-state index contributed by atoms with van der Waals surface area (Å²) in [5, 5.41) is 9.10. The van der Waals surface area contributed by atoms with Crippen LogP contribution in [0.2, 0.25) is 0 Å². The highest BCUT2D eigenvalue weighted by Crippen LogP contribution is 2.28. The van der Waals surface area contributed by atoms with Crippen molar-refractivity contribution in [3.05, 3.63) is 29.8 Å². The Labute approximate surface area is 98.0 Å². The molecule has 0 aromatic heterocycles. The van der Waals surface area contributed by atoms with Gasteiger partial charge in [0.05, 0.1) is 0 Å². The molecule has 0 aliphatic heterocycles. The molecule has 0 heterocycles. The average molecular weight is 244 g/mol. The summed E-state index contributed by atoms with van der Waals surface area (Å²) < 4.78 is 31.5. The molecule has 0 aliphatic rings. The summed E-state index contributed by atoms with van der Waals surface area (Å²) in [5.74, 6) is -3.80. The maximum Gasteiger partial charge on any atom is 0.348 e. The van der Waals surface area contributed by atoms with E-state index < -0.39 is 23.2 Å². The number of carboxylic acid groups (broad SMARTS) is 1. The van der Waals surface area contributed by atoms with E-state index >= 15 is 0 Å². The van der Waals surface area contributed by atoms with Gasteiger partial charge in [-0.05, 0) is 25.0 Å². The normalized spacial score (nSPS) is 11.3. The van der Waals surface area contributed by atoms with E-state index in [4.69, 9.17) is 9.84 Å². The van der Waals surface area contributed by atoms with Crippen LogP contribution in [0.4, 0.5) is 8.78 Å². The van der Waals surface area contributed by atoms with Crippen molar-refractivity contribution in [2.75, 3.05) is 0 Å². The van der Waals surface area contributed by atoms with Crippen molar-refractivity contribution in [1.29, 1.82) is 0 Å². The second kappa shape index (κ2) is 5.12. The maximum absolute atomic E-state index is 13.4. The Hall–Kier alpha value is -1.65. The largest absolute Gasteiger partial charge is 0.478 e. The van der Waals surface area contributed by atoms with Gasteiger partial charge in [-0.1, -0.05) is 19.9 Å². The van der Waals surface area contributed by atoms with Crippen molar-refractivity contribution in [3.8, 4) is 5.75 Å². The molecule has 3 nitrogen and oxygen atoms in total. The first-order valence-electron chi connectivity index (χ1n) is 5.33. The van der Waals surface area contributed by atoms with Gasteiger partial charge in [0, 0.05) is 0 Å². The lowest BCUT2D eigenvalue weighted by molar-refractivity contribution is -0.156. The lowest BCUT2D eigenvalue weighted by atomic mass is 9.97. The molecule has 1 rings (SSSR count). The van der Waals surface area contributed by atoms with Gasteiger partial charge in [0.2, 0.25) is 11.4 Å². The van der Waals surface area contributed by atoms with Crippen molar-refractivity contribution in [1.82, 2.24) is 0 Å². The Kier molecular flexibility index (Phi) is 4.04. The number of carboxylic acids is 1. The van der Waals surface area contributed by atoms with Crippen LogP contribution in [-0.2, 0) is 4.79 Å². The molecule has 17 heavy (non-hydrogen) atoms.